The highest BCUT2D eigenvalue weighted by Crippen LogP contribution is 2.31. The van der Waals surface area contributed by atoms with Crippen LogP contribution in [-0.2, 0) is 14.8 Å². The molecule has 2 aromatic rings. The summed E-state index contributed by atoms with van der Waals surface area (Å²) in [6.07, 6.45) is 2.31. The summed E-state index contributed by atoms with van der Waals surface area (Å²) in [6.45, 7) is 4.77. The van der Waals surface area contributed by atoms with Gasteiger partial charge in [-0.3, -0.25) is 9.69 Å². The Bertz CT molecular complexity index is 1010. The van der Waals surface area contributed by atoms with Crippen molar-refractivity contribution in [3.05, 3.63) is 54.1 Å². The molecule has 2 aromatic carbocycles. The van der Waals surface area contributed by atoms with Crippen molar-refractivity contribution in [3.8, 4) is 11.5 Å². The Labute approximate surface area is 196 Å². The van der Waals surface area contributed by atoms with Gasteiger partial charge in [0.2, 0.25) is 15.9 Å². The third-order valence-corrected chi connectivity index (χ3v) is 7.14. The molecule has 1 fully saturated rings. The van der Waals surface area contributed by atoms with E-state index in [-0.39, 0.29) is 29.8 Å². The maximum Gasteiger partial charge on any atom is 0.240 e. The van der Waals surface area contributed by atoms with E-state index in [0.29, 0.717) is 18.9 Å². The fraction of sp³-hybridized carbons (Fsp3) is 0.458. The van der Waals surface area contributed by atoms with Crippen molar-refractivity contribution < 1.29 is 22.7 Å². The molecule has 180 valence electrons. The van der Waals surface area contributed by atoms with Crippen molar-refractivity contribution in [2.24, 2.45) is 0 Å². The minimum atomic E-state index is -3.69. The fourth-order valence-electron chi connectivity index (χ4n) is 3.99. The number of para-hydroxylation sites is 1. The number of hydrogen-bond acceptors (Lipinski definition) is 6. The molecule has 9 heteroatoms. The van der Waals surface area contributed by atoms with Crippen LogP contribution in [0.2, 0.25) is 0 Å². The quantitative estimate of drug-likeness (QED) is 0.490. The van der Waals surface area contributed by atoms with Gasteiger partial charge in [0.15, 0.2) is 0 Å². The number of ether oxygens (including phenoxy) is 2. The highest BCUT2D eigenvalue weighted by atomic mass is 32.2. The predicted molar refractivity (Wildman–Crippen MR) is 127 cm³/mol. The lowest BCUT2D eigenvalue weighted by Gasteiger charge is -2.29. The minimum Gasteiger partial charge on any atom is -0.496 e. The van der Waals surface area contributed by atoms with Gasteiger partial charge in [0.1, 0.15) is 11.5 Å². The molecule has 1 atom stereocenters. The molecular formula is C24H33N3O5S. The normalized spacial score (nSPS) is 15.2. The number of carbonyl (C=O) groups is 1. The summed E-state index contributed by atoms with van der Waals surface area (Å²) in [4.78, 5) is 15.0. The number of nitrogens with one attached hydrogen (secondary N) is 2. The van der Waals surface area contributed by atoms with Gasteiger partial charge in [-0.15, -0.1) is 0 Å². The third kappa shape index (κ3) is 6.93. The molecule has 2 N–H and O–H groups in total. The summed E-state index contributed by atoms with van der Waals surface area (Å²) < 4.78 is 38.3. The van der Waals surface area contributed by atoms with Gasteiger partial charge in [0.05, 0.1) is 24.7 Å². The van der Waals surface area contributed by atoms with Crippen molar-refractivity contribution in [3.63, 3.8) is 0 Å². The van der Waals surface area contributed by atoms with Gasteiger partial charge >= 0.3 is 0 Å². The maximum absolute atomic E-state index is 12.5. The highest BCUT2D eigenvalue weighted by molar-refractivity contribution is 7.89. The number of nitrogens with zero attached hydrogens (tertiary/aromatic N) is 1. The molecule has 0 radical (unpaired) electrons. The lowest BCUT2D eigenvalue weighted by Crippen LogP contribution is -2.38. The minimum absolute atomic E-state index is 0.00754. The van der Waals surface area contributed by atoms with Gasteiger partial charge in [-0.25, -0.2) is 13.1 Å². The number of hydrogen-bond donors (Lipinski definition) is 2. The largest absolute Gasteiger partial charge is 0.496 e. The monoisotopic (exact) mass is 475 g/mol. The van der Waals surface area contributed by atoms with Crippen LogP contribution >= 0.6 is 0 Å². The average Bonchev–Trinajstić information content (AvgIpc) is 3.35. The fourth-order valence-corrected chi connectivity index (χ4v) is 5.03. The molecule has 0 aromatic heterocycles. The van der Waals surface area contributed by atoms with Gasteiger partial charge < -0.3 is 14.8 Å². The van der Waals surface area contributed by atoms with E-state index in [1.165, 1.54) is 12.1 Å². The summed E-state index contributed by atoms with van der Waals surface area (Å²) in [6, 6.07) is 14.1. The van der Waals surface area contributed by atoms with E-state index in [9.17, 15) is 13.2 Å². The van der Waals surface area contributed by atoms with E-state index in [1.807, 2.05) is 31.2 Å². The van der Waals surface area contributed by atoms with Crippen LogP contribution in [0.5, 0.6) is 11.5 Å². The molecule has 3 rings (SSSR count). The Morgan fingerprint density at radius 3 is 2.45 bits per heavy atom. The van der Waals surface area contributed by atoms with Crippen LogP contribution < -0.4 is 19.5 Å². The first-order chi connectivity index (χ1) is 15.9. The SMILES string of the molecule is CCOc1ccc(S(=O)(=O)NCCC(=O)NC[C@@H](c2ccccc2OC)N2CCCC2)cc1. The topological polar surface area (TPSA) is 97.0 Å². The van der Waals surface area contributed by atoms with E-state index in [0.717, 1.165) is 37.2 Å². The third-order valence-electron chi connectivity index (χ3n) is 5.66. The molecule has 0 spiro atoms. The molecule has 1 aliphatic heterocycles. The summed E-state index contributed by atoms with van der Waals surface area (Å²) in [7, 11) is -2.05. The molecule has 1 saturated heterocycles. The second-order valence-electron chi connectivity index (χ2n) is 7.86. The Balaban J connectivity index is 1.53. The van der Waals surface area contributed by atoms with Gasteiger partial charge in [-0.05, 0) is 63.2 Å². The van der Waals surface area contributed by atoms with Crippen molar-refractivity contribution in [2.45, 2.75) is 37.1 Å². The van der Waals surface area contributed by atoms with Crippen LogP contribution in [0.15, 0.2) is 53.4 Å². The first-order valence-electron chi connectivity index (χ1n) is 11.3. The zero-order chi connectivity index (χ0) is 23.7. The number of likely N-dealkylation sites (tertiary alicyclic amines) is 1. The number of methoxy groups -OCH3 is 1. The molecule has 1 aliphatic rings. The number of amides is 1. The summed E-state index contributed by atoms with van der Waals surface area (Å²) >= 11 is 0. The summed E-state index contributed by atoms with van der Waals surface area (Å²) in [5.41, 5.74) is 1.04. The summed E-state index contributed by atoms with van der Waals surface area (Å²) in [5, 5.41) is 2.97. The van der Waals surface area contributed by atoms with Gasteiger partial charge in [0.25, 0.3) is 0 Å². The maximum atomic E-state index is 12.5. The van der Waals surface area contributed by atoms with Crippen LogP contribution in [0, 0.1) is 0 Å². The molecule has 8 nitrogen and oxygen atoms in total. The average molecular weight is 476 g/mol. The number of carbonyl (C=O) groups excluding carboxylic acids is 1. The number of sulfonamides is 1. The highest BCUT2D eigenvalue weighted by Gasteiger charge is 2.26. The zero-order valence-electron chi connectivity index (χ0n) is 19.2. The standard InChI is InChI=1S/C24H33N3O5S/c1-3-32-19-10-12-20(13-11-19)33(29,30)26-15-14-24(28)25-18-22(27-16-6-7-17-27)21-8-4-5-9-23(21)31-2/h4-5,8-13,22,26H,3,6-7,14-18H2,1-2H3,(H,25,28)/t22-/m0/s1. The molecule has 0 saturated carbocycles. The van der Waals surface area contributed by atoms with Crippen LogP contribution in [-0.4, -0.2) is 59.1 Å². The Kier molecular flexibility index (Phi) is 9.11. The van der Waals surface area contributed by atoms with E-state index in [4.69, 9.17) is 9.47 Å². The molecule has 0 aliphatic carbocycles. The smallest absolute Gasteiger partial charge is 0.240 e. The Hall–Kier alpha value is -2.62. The van der Waals surface area contributed by atoms with Crippen molar-refractivity contribution >= 4 is 15.9 Å². The Morgan fingerprint density at radius 1 is 1.09 bits per heavy atom. The predicted octanol–water partition coefficient (Wildman–Crippen LogP) is 2.72. The van der Waals surface area contributed by atoms with Crippen molar-refractivity contribution in [2.75, 3.05) is 39.9 Å². The molecule has 0 bridgehead atoms. The lowest BCUT2D eigenvalue weighted by molar-refractivity contribution is -0.121. The van der Waals surface area contributed by atoms with E-state index in [2.05, 4.69) is 14.9 Å². The van der Waals surface area contributed by atoms with E-state index in [1.54, 1.807) is 19.2 Å². The molecule has 0 unspecified atom stereocenters. The number of benzene rings is 2. The van der Waals surface area contributed by atoms with Gasteiger partial charge in [-0.1, -0.05) is 18.2 Å². The van der Waals surface area contributed by atoms with Crippen LogP contribution in [0.25, 0.3) is 0 Å². The second-order valence-corrected chi connectivity index (χ2v) is 9.62. The second kappa shape index (κ2) is 12.0. The molecule has 33 heavy (non-hydrogen) atoms. The van der Waals surface area contributed by atoms with Crippen molar-refractivity contribution in [1.82, 2.24) is 14.9 Å². The van der Waals surface area contributed by atoms with Gasteiger partial charge in [0, 0.05) is 25.1 Å². The molecule has 1 amide bonds. The number of rotatable bonds is 12. The van der Waals surface area contributed by atoms with E-state index >= 15 is 0 Å². The first kappa shape index (κ1) is 25.0. The van der Waals surface area contributed by atoms with E-state index < -0.39 is 10.0 Å². The molecule has 1 heterocycles. The van der Waals surface area contributed by atoms with Gasteiger partial charge in [-0.2, -0.15) is 0 Å². The Morgan fingerprint density at radius 2 is 1.79 bits per heavy atom. The molecular weight excluding hydrogens is 442 g/mol. The zero-order valence-corrected chi connectivity index (χ0v) is 20.1. The van der Waals surface area contributed by atoms with Crippen LogP contribution in [0.1, 0.15) is 37.8 Å². The summed E-state index contributed by atoms with van der Waals surface area (Å²) in [5.74, 6) is 1.20. The first-order valence-corrected chi connectivity index (χ1v) is 12.8. The van der Waals surface area contributed by atoms with Crippen molar-refractivity contribution in [1.29, 1.82) is 0 Å². The van der Waals surface area contributed by atoms with Crippen LogP contribution in [0.4, 0.5) is 0 Å². The van der Waals surface area contributed by atoms with Crippen LogP contribution in [0.3, 0.4) is 0 Å². The lowest BCUT2D eigenvalue weighted by atomic mass is 10.0.